The minimum atomic E-state index is -3.47. The van der Waals surface area contributed by atoms with E-state index in [4.69, 9.17) is 0 Å². The van der Waals surface area contributed by atoms with E-state index in [9.17, 15) is 8.42 Å². The summed E-state index contributed by atoms with van der Waals surface area (Å²) >= 11 is 0. The number of hydrogen-bond acceptors (Lipinski definition) is 3. The standard InChI is InChI=1S/C13H22N2O2S/c1-5-11(10(2)3)15-18(16,17)13-9-7-6-8-12(13)14-4/h6-11,14-15H,5H2,1-4H3. The molecule has 102 valence electrons. The maximum Gasteiger partial charge on any atom is 0.242 e. The molecule has 0 aliphatic carbocycles. The largest absolute Gasteiger partial charge is 0.387 e. The Kier molecular flexibility index (Phi) is 5.16. The fourth-order valence-corrected chi connectivity index (χ4v) is 3.54. The van der Waals surface area contributed by atoms with Crippen molar-refractivity contribution < 1.29 is 8.42 Å². The average molecular weight is 270 g/mol. The molecular formula is C13H22N2O2S. The number of hydrogen-bond donors (Lipinski definition) is 2. The van der Waals surface area contributed by atoms with Crippen molar-refractivity contribution in [3.05, 3.63) is 24.3 Å². The van der Waals surface area contributed by atoms with Gasteiger partial charge in [-0.05, 0) is 24.5 Å². The third-order valence-electron chi connectivity index (χ3n) is 3.00. The maximum atomic E-state index is 12.3. The van der Waals surface area contributed by atoms with Gasteiger partial charge in [-0.25, -0.2) is 13.1 Å². The van der Waals surface area contributed by atoms with Gasteiger partial charge < -0.3 is 5.32 Å². The number of benzene rings is 1. The van der Waals surface area contributed by atoms with Gasteiger partial charge in [-0.15, -0.1) is 0 Å². The molecular weight excluding hydrogens is 248 g/mol. The van der Waals surface area contributed by atoms with Gasteiger partial charge in [0.15, 0.2) is 0 Å². The van der Waals surface area contributed by atoms with Crippen LogP contribution in [0.3, 0.4) is 0 Å². The van der Waals surface area contributed by atoms with Crippen molar-refractivity contribution >= 4 is 15.7 Å². The molecule has 0 fully saturated rings. The summed E-state index contributed by atoms with van der Waals surface area (Å²) in [5.41, 5.74) is 0.614. The fourth-order valence-electron chi connectivity index (χ4n) is 1.86. The van der Waals surface area contributed by atoms with E-state index in [1.165, 1.54) is 0 Å². The van der Waals surface area contributed by atoms with E-state index in [-0.39, 0.29) is 12.0 Å². The summed E-state index contributed by atoms with van der Waals surface area (Å²) in [6.45, 7) is 6.01. The van der Waals surface area contributed by atoms with Gasteiger partial charge in [-0.3, -0.25) is 0 Å². The molecule has 1 aromatic rings. The molecule has 0 aromatic heterocycles. The zero-order chi connectivity index (χ0) is 13.8. The predicted octanol–water partition coefficient (Wildman–Crippen LogP) is 2.44. The summed E-state index contributed by atoms with van der Waals surface area (Å²) in [5, 5.41) is 2.90. The first-order chi connectivity index (χ1) is 8.42. The van der Waals surface area contributed by atoms with Crippen LogP contribution in [0.5, 0.6) is 0 Å². The molecule has 0 spiro atoms. The second-order valence-corrected chi connectivity index (χ2v) is 6.31. The summed E-state index contributed by atoms with van der Waals surface area (Å²) < 4.78 is 27.4. The highest BCUT2D eigenvalue weighted by Crippen LogP contribution is 2.21. The third kappa shape index (κ3) is 3.46. The lowest BCUT2D eigenvalue weighted by Gasteiger charge is -2.21. The first-order valence-corrected chi connectivity index (χ1v) is 7.69. The summed E-state index contributed by atoms with van der Waals surface area (Å²) in [6, 6.07) is 6.86. The molecule has 1 aromatic carbocycles. The van der Waals surface area contributed by atoms with Crippen molar-refractivity contribution in [1.82, 2.24) is 4.72 Å². The first kappa shape index (κ1) is 15.0. The molecule has 2 N–H and O–H groups in total. The Morgan fingerprint density at radius 2 is 1.83 bits per heavy atom. The summed E-state index contributed by atoms with van der Waals surface area (Å²) in [5.74, 6) is 0.270. The predicted molar refractivity (Wildman–Crippen MR) is 75.2 cm³/mol. The average Bonchev–Trinajstić information content (AvgIpc) is 2.35. The molecule has 0 saturated carbocycles. The van der Waals surface area contributed by atoms with E-state index < -0.39 is 10.0 Å². The Morgan fingerprint density at radius 1 is 1.22 bits per heavy atom. The molecule has 0 aliphatic heterocycles. The molecule has 4 nitrogen and oxygen atoms in total. The maximum absolute atomic E-state index is 12.3. The van der Waals surface area contributed by atoms with Gasteiger partial charge in [0.2, 0.25) is 10.0 Å². The highest BCUT2D eigenvalue weighted by molar-refractivity contribution is 7.89. The second-order valence-electron chi connectivity index (χ2n) is 4.63. The van der Waals surface area contributed by atoms with Gasteiger partial charge in [0.1, 0.15) is 4.90 Å². The topological polar surface area (TPSA) is 58.2 Å². The van der Waals surface area contributed by atoms with Crippen molar-refractivity contribution in [3.8, 4) is 0 Å². The van der Waals surface area contributed by atoms with Crippen LogP contribution in [-0.4, -0.2) is 21.5 Å². The molecule has 0 heterocycles. The summed E-state index contributed by atoms with van der Waals surface area (Å²) in [4.78, 5) is 0.298. The van der Waals surface area contributed by atoms with Gasteiger partial charge in [0, 0.05) is 13.1 Å². The molecule has 1 atom stereocenters. The van der Waals surface area contributed by atoms with E-state index in [2.05, 4.69) is 10.0 Å². The molecule has 18 heavy (non-hydrogen) atoms. The van der Waals surface area contributed by atoms with Crippen LogP contribution in [0.15, 0.2) is 29.2 Å². The van der Waals surface area contributed by atoms with Crippen molar-refractivity contribution in [2.75, 3.05) is 12.4 Å². The molecule has 0 bridgehead atoms. The smallest absolute Gasteiger partial charge is 0.242 e. The normalized spacial score (nSPS) is 13.6. The van der Waals surface area contributed by atoms with E-state index in [1.54, 1.807) is 25.2 Å². The molecule has 1 unspecified atom stereocenters. The Balaban J connectivity index is 3.06. The number of para-hydroxylation sites is 1. The Bertz CT molecular complexity index is 484. The lowest BCUT2D eigenvalue weighted by molar-refractivity contribution is 0.437. The quantitative estimate of drug-likeness (QED) is 0.834. The van der Waals surface area contributed by atoms with Crippen molar-refractivity contribution in [3.63, 3.8) is 0 Å². The third-order valence-corrected chi connectivity index (χ3v) is 4.55. The summed E-state index contributed by atoms with van der Waals surface area (Å²) in [7, 11) is -1.76. The second kappa shape index (κ2) is 6.20. The lowest BCUT2D eigenvalue weighted by atomic mass is 10.0. The van der Waals surface area contributed by atoms with E-state index >= 15 is 0 Å². The molecule has 0 radical (unpaired) electrons. The number of rotatable bonds is 6. The number of sulfonamides is 1. The van der Waals surface area contributed by atoms with Crippen molar-refractivity contribution in [2.45, 2.75) is 38.1 Å². The van der Waals surface area contributed by atoms with Gasteiger partial charge >= 0.3 is 0 Å². The van der Waals surface area contributed by atoms with E-state index in [0.29, 0.717) is 10.6 Å². The Morgan fingerprint density at radius 3 is 2.33 bits per heavy atom. The van der Waals surface area contributed by atoms with Crippen LogP contribution < -0.4 is 10.0 Å². The minimum absolute atomic E-state index is 0.0417. The molecule has 0 aliphatic rings. The summed E-state index contributed by atoms with van der Waals surface area (Å²) in [6.07, 6.45) is 0.776. The monoisotopic (exact) mass is 270 g/mol. The van der Waals surface area contributed by atoms with E-state index in [0.717, 1.165) is 6.42 Å². The van der Waals surface area contributed by atoms with Crippen LogP contribution >= 0.6 is 0 Å². The van der Waals surface area contributed by atoms with Crippen LogP contribution in [0, 0.1) is 5.92 Å². The highest BCUT2D eigenvalue weighted by atomic mass is 32.2. The van der Waals surface area contributed by atoms with Crippen LogP contribution in [0.4, 0.5) is 5.69 Å². The van der Waals surface area contributed by atoms with Gasteiger partial charge in [0.05, 0.1) is 5.69 Å². The molecule has 5 heteroatoms. The SMILES string of the molecule is CCC(NS(=O)(=O)c1ccccc1NC)C(C)C. The van der Waals surface area contributed by atoms with Gasteiger partial charge in [-0.2, -0.15) is 0 Å². The fraction of sp³-hybridized carbons (Fsp3) is 0.538. The Hall–Kier alpha value is -1.07. The van der Waals surface area contributed by atoms with Crippen LogP contribution in [-0.2, 0) is 10.0 Å². The highest BCUT2D eigenvalue weighted by Gasteiger charge is 2.23. The minimum Gasteiger partial charge on any atom is -0.387 e. The van der Waals surface area contributed by atoms with Gasteiger partial charge in [0.25, 0.3) is 0 Å². The zero-order valence-corrected chi connectivity index (χ0v) is 12.2. The van der Waals surface area contributed by atoms with Crippen LogP contribution in [0.25, 0.3) is 0 Å². The first-order valence-electron chi connectivity index (χ1n) is 6.21. The molecule has 0 amide bonds. The number of anilines is 1. The lowest BCUT2D eigenvalue weighted by Crippen LogP contribution is -2.38. The van der Waals surface area contributed by atoms with Gasteiger partial charge in [-0.1, -0.05) is 32.9 Å². The van der Waals surface area contributed by atoms with Crippen LogP contribution in [0.2, 0.25) is 0 Å². The zero-order valence-electron chi connectivity index (χ0n) is 11.4. The van der Waals surface area contributed by atoms with Crippen molar-refractivity contribution in [1.29, 1.82) is 0 Å². The van der Waals surface area contributed by atoms with E-state index in [1.807, 2.05) is 26.8 Å². The van der Waals surface area contributed by atoms with Crippen LogP contribution in [0.1, 0.15) is 27.2 Å². The molecule has 1 rings (SSSR count). The van der Waals surface area contributed by atoms with Crippen molar-refractivity contribution in [2.24, 2.45) is 5.92 Å². The number of nitrogens with one attached hydrogen (secondary N) is 2. The Labute approximate surface area is 110 Å². The molecule has 0 saturated heterocycles.